The number of methoxy groups -OCH3 is 1. The van der Waals surface area contributed by atoms with E-state index in [4.69, 9.17) is 15.9 Å². The Kier molecular flexibility index (Phi) is 8.48. The third kappa shape index (κ3) is 6.36. The lowest BCUT2D eigenvalue weighted by Gasteiger charge is -2.35. The second-order valence-electron chi connectivity index (χ2n) is 7.84. The van der Waals surface area contributed by atoms with Gasteiger partial charge in [-0.3, -0.25) is 9.69 Å². The molecule has 0 bridgehead atoms. The highest BCUT2D eigenvalue weighted by molar-refractivity contribution is 5.90. The van der Waals surface area contributed by atoms with Crippen LogP contribution in [0.2, 0.25) is 0 Å². The van der Waals surface area contributed by atoms with Crippen molar-refractivity contribution >= 4 is 18.0 Å². The lowest BCUT2D eigenvalue weighted by molar-refractivity contribution is -0.146. The van der Waals surface area contributed by atoms with Crippen molar-refractivity contribution in [2.24, 2.45) is 0 Å². The fourth-order valence-corrected chi connectivity index (χ4v) is 3.82. The molecule has 1 heterocycles. The molecule has 0 saturated heterocycles. The van der Waals surface area contributed by atoms with Crippen LogP contribution in [0.1, 0.15) is 36.0 Å². The standard InChI is InChI=1S/C26H28N2O5/c1-3-4-6-15-22(25(30)32-2)27-24(29)23-16-20-13-9-10-14-21(20)17-28(23)26(31)33-18-19-11-7-5-8-12-19/h1,5,7-14,22-23H,4,6,15-18H2,2H3,(H,27,29)/t22-,23-/m0/s1. The minimum absolute atomic E-state index is 0.100. The van der Waals surface area contributed by atoms with E-state index < -0.39 is 30.1 Å². The smallest absolute Gasteiger partial charge is 0.411 e. The summed E-state index contributed by atoms with van der Waals surface area (Å²) in [6.45, 7) is 0.338. The topological polar surface area (TPSA) is 84.9 Å². The maximum atomic E-state index is 13.3. The van der Waals surface area contributed by atoms with Crippen molar-refractivity contribution in [2.75, 3.05) is 7.11 Å². The fraction of sp³-hybridized carbons (Fsp3) is 0.346. The number of hydrogen-bond donors (Lipinski definition) is 1. The summed E-state index contributed by atoms with van der Waals surface area (Å²) >= 11 is 0. The van der Waals surface area contributed by atoms with E-state index in [9.17, 15) is 14.4 Å². The molecule has 7 heteroatoms. The van der Waals surface area contributed by atoms with Crippen molar-refractivity contribution < 1.29 is 23.9 Å². The van der Waals surface area contributed by atoms with Gasteiger partial charge in [0.15, 0.2) is 0 Å². The third-order valence-electron chi connectivity index (χ3n) is 5.61. The summed E-state index contributed by atoms with van der Waals surface area (Å²) in [7, 11) is 1.27. The number of amides is 2. The molecule has 1 aliphatic heterocycles. The van der Waals surface area contributed by atoms with Gasteiger partial charge in [0, 0.05) is 12.8 Å². The van der Waals surface area contributed by atoms with Gasteiger partial charge >= 0.3 is 12.1 Å². The number of nitrogens with one attached hydrogen (secondary N) is 1. The normalized spacial score (nSPS) is 15.5. The predicted molar refractivity (Wildman–Crippen MR) is 123 cm³/mol. The van der Waals surface area contributed by atoms with Crippen LogP contribution in [0.15, 0.2) is 54.6 Å². The van der Waals surface area contributed by atoms with Crippen LogP contribution >= 0.6 is 0 Å². The number of unbranched alkanes of at least 4 members (excludes halogenated alkanes) is 1. The van der Waals surface area contributed by atoms with Crippen LogP contribution in [-0.2, 0) is 38.6 Å². The number of hydrogen-bond acceptors (Lipinski definition) is 5. The Labute approximate surface area is 194 Å². The number of ether oxygens (including phenoxy) is 2. The molecule has 0 fully saturated rings. The molecule has 2 aromatic rings. The van der Waals surface area contributed by atoms with Crippen LogP contribution < -0.4 is 5.32 Å². The van der Waals surface area contributed by atoms with Gasteiger partial charge in [-0.15, -0.1) is 12.3 Å². The van der Waals surface area contributed by atoms with E-state index in [0.29, 0.717) is 25.7 Å². The van der Waals surface area contributed by atoms with Gasteiger partial charge in [-0.05, 0) is 29.5 Å². The Morgan fingerprint density at radius 1 is 1.12 bits per heavy atom. The van der Waals surface area contributed by atoms with Gasteiger partial charge in [0.05, 0.1) is 13.7 Å². The van der Waals surface area contributed by atoms with E-state index >= 15 is 0 Å². The molecule has 0 saturated carbocycles. The highest BCUT2D eigenvalue weighted by Gasteiger charge is 2.37. The minimum Gasteiger partial charge on any atom is -0.467 e. The molecule has 2 aromatic carbocycles. The van der Waals surface area contributed by atoms with E-state index in [1.807, 2.05) is 54.6 Å². The Balaban J connectivity index is 1.76. The predicted octanol–water partition coefficient (Wildman–Crippen LogP) is 3.21. The summed E-state index contributed by atoms with van der Waals surface area (Å²) in [6.07, 6.45) is 6.43. The van der Waals surface area contributed by atoms with E-state index in [-0.39, 0.29) is 13.2 Å². The van der Waals surface area contributed by atoms with Gasteiger partial charge < -0.3 is 14.8 Å². The molecule has 172 valence electrons. The van der Waals surface area contributed by atoms with Crippen LogP contribution in [0.25, 0.3) is 0 Å². The summed E-state index contributed by atoms with van der Waals surface area (Å²) in [6, 6.07) is 15.3. The second kappa shape index (κ2) is 11.7. The zero-order chi connectivity index (χ0) is 23.6. The maximum Gasteiger partial charge on any atom is 0.411 e. The number of carbonyl (C=O) groups excluding carboxylic acids is 3. The number of rotatable bonds is 8. The first-order chi connectivity index (χ1) is 16.0. The minimum atomic E-state index is -0.838. The third-order valence-corrected chi connectivity index (χ3v) is 5.61. The summed E-state index contributed by atoms with van der Waals surface area (Å²) in [4.78, 5) is 39.9. The van der Waals surface area contributed by atoms with Crippen LogP contribution in [-0.4, -0.2) is 42.1 Å². The first-order valence-electron chi connectivity index (χ1n) is 10.9. The van der Waals surface area contributed by atoms with Crippen LogP contribution in [0.3, 0.4) is 0 Å². The molecule has 0 aliphatic carbocycles. The molecule has 3 rings (SSSR count). The zero-order valence-corrected chi connectivity index (χ0v) is 18.7. The van der Waals surface area contributed by atoms with Gasteiger partial charge in [-0.25, -0.2) is 9.59 Å². The second-order valence-corrected chi connectivity index (χ2v) is 7.84. The van der Waals surface area contributed by atoms with E-state index in [2.05, 4.69) is 11.2 Å². The van der Waals surface area contributed by atoms with E-state index in [1.165, 1.54) is 12.0 Å². The van der Waals surface area contributed by atoms with Gasteiger partial charge in [0.25, 0.3) is 0 Å². The summed E-state index contributed by atoms with van der Waals surface area (Å²) in [5, 5.41) is 2.75. The van der Waals surface area contributed by atoms with Gasteiger partial charge in [-0.2, -0.15) is 0 Å². The van der Waals surface area contributed by atoms with E-state index in [1.54, 1.807) is 0 Å². The summed E-state index contributed by atoms with van der Waals surface area (Å²) < 4.78 is 10.3. The molecule has 0 aromatic heterocycles. The molecule has 1 aliphatic rings. The molecule has 0 unspecified atom stereocenters. The van der Waals surface area contributed by atoms with Crippen LogP contribution in [0.5, 0.6) is 0 Å². The molecule has 0 radical (unpaired) electrons. The van der Waals surface area contributed by atoms with Crippen molar-refractivity contribution in [3.63, 3.8) is 0 Å². The fourth-order valence-electron chi connectivity index (χ4n) is 3.82. The number of benzene rings is 2. The molecule has 2 amide bonds. The van der Waals surface area contributed by atoms with Crippen molar-refractivity contribution in [1.82, 2.24) is 10.2 Å². The summed E-state index contributed by atoms with van der Waals surface area (Å²) in [5.41, 5.74) is 2.78. The number of esters is 1. The molecule has 0 spiro atoms. The lowest BCUT2D eigenvalue weighted by atomic mass is 9.93. The van der Waals surface area contributed by atoms with Crippen molar-refractivity contribution in [3.05, 3.63) is 71.3 Å². The number of carbonyl (C=O) groups is 3. The molecule has 33 heavy (non-hydrogen) atoms. The molecular weight excluding hydrogens is 420 g/mol. The van der Waals surface area contributed by atoms with Crippen LogP contribution in [0, 0.1) is 12.3 Å². The average molecular weight is 449 g/mol. The lowest BCUT2D eigenvalue weighted by Crippen LogP contribution is -2.55. The Bertz CT molecular complexity index is 1010. The van der Waals surface area contributed by atoms with Crippen molar-refractivity contribution in [2.45, 2.75) is 50.9 Å². The monoisotopic (exact) mass is 448 g/mol. The first-order valence-corrected chi connectivity index (χ1v) is 10.9. The maximum absolute atomic E-state index is 13.3. The van der Waals surface area contributed by atoms with Crippen molar-refractivity contribution in [1.29, 1.82) is 0 Å². The number of nitrogens with zero attached hydrogens (tertiary/aromatic N) is 1. The Morgan fingerprint density at radius 2 is 1.82 bits per heavy atom. The summed E-state index contributed by atoms with van der Waals surface area (Å²) in [5.74, 6) is 1.54. The molecule has 7 nitrogen and oxygen atoms in total. The van der Waals surface area contributed by atoms with Crippen molar-refractivity contribution in [3.8, 4) is 12.3 Å². The highest BCUT2D eigenvalue weighted by Crippen LogP contribution is 2.25. The average Bonchev–Trinajstić information content (AvgIpc) is 2.86. The van der Waals surface area contributed by atoms with Crippen LogP contribution in [0.4, 0.5) is 4.79 Å². The first kappa shape index (κ1) is 23.9. The molecular formula is C26H28N2O5. The quantitative estimate of drug-likeness (QED) is 0.381. The van der Waals surface area contributed by atoms with E-state index in [0.717, 1.165) is 16.7 Å². The zero-order valence-electron chi connectivity index (χ0n) is 18.7. The Morgan fingerprint density at radius 3 is 2.52 bits per heavy atom. The molecule has 2 atom stereocenters. The number of fused-ring (bicyclic) bond motifs is 1. The highest BCUT2D eigenvalue weighted by atomic mass is 16.6. The largest absolute Gasteiger partial charge is 0.467 e. The Hall–Kier alpha value is -3.79. The van der Waals surface area contributed by atoms with Gasteiger partial charge in [0.1, 0.15) is 18.7 Å². The number of terminal acetylenes is 1. The SMILES string of the molecule is C#CCCC[C@H](NC(=O)[C@@H]1Cc2ccccc2CN1C(=O)OCc1ccccc1)C(=O)OC. The molecule has 1 N–H and O–H groups in total. The van der Waals surface area contributed by atoms with Gasteiger partial charge in [0.2, 0.25) is 5.91 Å². The van der Waals surface area contributed by atoms with Gasteiger partial charge in [-0.1, -0.05) is 54.6 Å².